The Morgan fingerprint density at radius 1 is 1.07 bits per heavy atom. The van der Waals surface area contributed by atoms with Gasteiger partial charge in [0.05, 0.1) is 11.9 Å². The second kappa shape index (κ2) is 10.2. The standard InChI is InChI=1S/C20H34N4O4S/c1-8-24(9-2)29(27,28)17-12-16(11-10-15(17)3)21-18(25)13-23(7)14-19(26)22-20(4,5)6/h10-12H,8-9,13-14H2,1-7H3,(H,21,25)(H,22,26)/p+1. The fourth-order valence-corrected chi connectivity index (χ4v) is 4.65. The fourth-order valence-electron chi connectivity index (χ4n) is 2.94. The summed E-state index contributed by atoms with van der Waals surface area (Å²) < 4.78 is 27.0. The smallest absolute Gasteiger partial charge is 0.279 e. The number of likely N-dealkylation sites (N-methyl/N-ethyl adjacent to an activating group) is 1. The molecule has 1 aromatic carbocycles. The number of rotatable bonds is 9. The summed E-state index contributed by atoms with van der Waals surface area (Å²) in [6.45, 7) is 12.0. The number of nitrogens with zero attached hydrogens (tertiary/aromatic N) is 1. The number of quaternary nitrogens is 1. The molecule has 0 heterocycles. The Labute approximate surface area is 174 Å². The Morgan fingerprint density at radius 3 is 2.14 bits per heavy atom. The number of hydrogen-bond acceptors (Lipinski definition) is 4. The molecule has 29 heavy (non-hydrogen) atoms. The number of anilines is 1. The third-order valence-corrected chi connectivity index (χ3v) is 6.43. The number of hydrogen-bond donors (Lipinski definition) is 3. The van der Waals surface area contributed by atoms with E-state index in [1.54, 1.807) is 40.0 Å². The fraction of sp³-hybridized carbons (Fsp3) is 0.600. The molecule has 164 valence electrons. The molecule has 0 bridgehead atoms. The van der Waals surface area contributed by atoms with E-state index in [4.69, 9.17) is 0 Å². The summed E-state index contributed by atoms with van der Waals surface area (Å²) in [6.07, 6.45) is 0. The van der Waals surface area contributed by atoms with Gasteiger partial charge >= 0.3 is 0 Å². The van der Waals surface area contributed by atoms with Crippen LogP contribution in [0.2, 0.25) is 0 Å². The molecule has 0 aliphatic carbocycles. The molecular weight excluding hydrogens is 392 g/mol. The highest BCUT2D eigenvalue weighted by Gasteiger charge is 2.24. The van der Waals surface area contributed by atoms with E-state index in [1.165, 1.54) is 10.4 Å². The first-order chi connectivity index (χ1) is 13.3. The molecule has 1 atom stereocenters. The summed E-state index contributed by atoms with van der Waals surface area (Å²) >= 11 is 0. The Bertz CT molecular complexity index is 827. The van der Waals surface area contributed by atoms with Crippen LogP contribution in [0.1, 0.15) is 40.2 Å². The minimum Gasteiger partial charge on any atom is -0.347 e. The first kappa shape index (κ1) is 25.1. The predicted octanol–water partition coefficient (Wildman–Crippen LogP) is 0.393. The van der Waals surface area contributed by atoms with Crippen LogP contribution < -0.4 is 15.5 Å². The third-order valence-electron chi connectivity index (χ3n) is 4.23. The second-order valence-corrected chi connectivity index (χ2v) is 10.1. The zero-order valence-electron chi connectivity index (χ0n) is 18.5. The van der Waals surface area contributed by atoms with Crippen molar-refractivity contribution in [3.8, 4) is 0 Å². The average Bonchev–Trinajstić information content (AvgIpc) is 2.55. The number of aryl methyl sites for hydroxylation is 1. The minimum atomic E-state index is -3.62. The zero-order chi connectivity index (χ0) is 22.4. The Balaban J connectivity index is 2.84. The lowest BCUT2D eigenvalue weighted by atomic mass is 10.1. The van der Waals surface area contributed by atoms with Gasteiger partial charge in [0.15, 0.2) is 13.1 Å². The highest BCUT2D eigenvalue weighted by atomic mass is 32.2. The molecule has 0 spiro atoms. The van der Waals surface area contributed by atoms with Gasteiger partial charge in [0.2, 0.25) is 10.0 Å². The molecule has 0 saturated carbocycles. The van der Waals surface area contributed by atoms with Crippen molar-refractivity contribution in [2.45, 2.75) is 52.0 Å². The first-order valence-electron chi connectivity index (χ1n) is 9.83. The summed E-state index contributed by atoms with van der Waals surface area (Å²) in [5.74, 6) is -0.424. The molecule has 1 aromatic rings. The van der Waals surface area contributed by atoms with Crippen molar-refractivity contribution >= 4 is 27.5 Å². The van der Waals surface area contributed by atoms with Crippen molar-refractivity contribution in [3.63, 3.8) is 0 Å². The second-order valence-electron chi connectivity index (χ2n) is 8.23. The van der Waals surface area contributed by atoms with Crippen LogP contribution in [-0.2, 0) is 19.6 Å². The van der Waals surface area contributed by atoms with Gasteiger partial charge in [0, 0.05) is 24.3 Å². The number of carbonyl (C=O) groups is 2. The molecule has 0 saturated heterocycles. The third kappa shape index (κ3) is 7.75. The Morgan fingerprint density at radius 2 is 1.62 bits per heavy atom. The average molecular weight is 428 g/mol. The van der Waals surface area contributed by atoms with E-state index in [0.717, 1.165) is 4.90 Å². The van der Waals surface area contributed by atoms with Gasteiger partial charge in [-0.3, -0.25) is 9.59 Å². The van der Waals surface area contributed by atoms with Gasteiger partial charge in [-0.2, -0.15) is 4.31 Å². The maximum absolute atomic E-state index is 12.8. The molecule has 2 amide bonds. The molecule has 0 fully saturated rings. The molecule has 0 aliphatic heterocycles. The molecule has 9 heteroatoms. The summed E-state index contributed by atoms with van der Waals surface area (Å²) in [5.41, 5.74) is 0.712. The van der Waals surface area contributed by atoms with Crippen molar-refractivity contribution < 1.29 is 22.9 Å². The lowest BCUT2D eigenvalue weighted by Gasteiger charge is -2.22. The van der Waals surface area contributed by atoms with Crippen LogP contribution in [0.3, 0.4) is 0 Å². The van der Waals surface area contributed by atoms with Gasteiger partial charge in [-0.15, -0.1) is 0 Å². The Kier molecular flexibility index (Phi) is 8.80. The van der Waals surface area contributed by atoms with Gasteiger partial charge in [-0.1, -0.05) is 19.9 Å². The summed E-state index contributed by atoms with van der Waals surface area (Å²) in [5, 5.41) is 5.60. The lowest BCUT2D eigenvalue weighted by molar-refractivity contribution is -0.862. The van der Waals surface area contributed by atoms with Gasteiger partial charge in [-0.25, -0.2) is 8.42 Å². The van der Waals surface area contributed by atoms with Crippen LogP contribution in [-0.4, -0.2) is 63.3 Å². The van der Waals surface area contributed by atoms with Gasteiger partial charge in [-0.05, 0) is 45.4 Å². The van der Waals surface area contributed by atoms with Crippen molar-refractivity contribution in [2.75, 3.05) is 38.5 Å². The van der Waals surface area contributed by atoms with Crippen LogP contribution in [0.4, 0.5) is 5.69 Å². The molecule has 8 nitrogen and oxygen atoms in total. The quantitative estimate of drug-likeness (QED) is 0.531. The van der Waals surface area contributed by atoms with Gasteiger partial charge < -0.3 is 15.5 Å². The normalized spacial score (nSPS) is 13.2. The number of carbonyl (C=O) groups excluding carboxylic acids is 2. The minimum absolute atomic E-state index is 0.0869. The number of nitrogens with one attached hydrogen (secondary N) is 3. The van der Waals surface area contributed by atoms with Gasteiger partial charge in [0.1, 0.15) is 0 Å². The highest BCUT2D eigenvalue weighted by molar-refractivity contribution is 7.89. The number of sulfonamides is 1. The highest BCUT2D eigenvalue weighted by Crippen LogP contribution is 2.23. The molecule has 1 rings (SSSR count). The van der Waals surface area contributed by atoms with E-state index >= 15 is 0 Å². The largest absolute Gasteiger partial charge is 0.347 e. The van der Waals surface area contributed by atoms with Crippen LogP contribution in [0.15, 0.2) is 23.1 Å². The van der Waals surface area contributed by atoms with E-state index in [9.17, 15) is 18.0 Å². The van der Waals surface area contributed by atoms with Crippen molar-refractivity contribution in [1.82, 2.24) is 9.62 Å². The number of benzene rings is 1. The van der Waals surface area contributed by atoms with Crippen LogP contribution in [0, 0.1) is 6.92 Å². The van der Waals surface area contributed by atoms with E-state index in [0.29, 0.717) is 24.3 Å². The number of amides is 2. The van der Waals surface area contributed by atoms with Crippen molar-refractivity contribution in [3.05, 3.63) is 23.8 Å². The van der Waals surface area contributed by atoms with Crippen LogP contribution >= 0.6 is 0 Å². The SMILES string of the molecule is CCN(CC)S(=O)(=O)c1cc(NC(=O)C[NH+](C)CC(=O)NC(C)(C)C)ccc1C. The zero-order valence-corrected chi connectivity index (χ0v) is 19.4. The molecule has 0 aliphatic rings. The summed E-state index contributed by atoms with van der Waals surface area (Å²) in [6, 6.07) is 4.85. The first-order valence-corrected chi connectivity index (χ1v) is 11.3. The van der Waals surface area contributed by atoms with E-state index in [1.807, 2.05) is 20.8 Å². The van der Waals surface area contributed by atoms with Crippen LogP contribution in [0.25, 0.3) is 0 Å². The molecular formula is C20H35N4O4S+. The van der Waals surface area contributed by atoms with E-state index < -0.39 is 10.0 Å². The van der Waals surface area contributed by atoms with Crippen LogP contribution in [0.5, 0.6) is 0 Å². The van der Waals surface area contributed by atoms with Crippen molar-refractivity contribution in [2.24, 2.45) is 0 Å². The monoisotopic (exact) mass is 427 g/mol. The summed E-state index contributed by atoms with van der Waals surface area (Å²) in [7, 11) is -1.87. The maximum Gasteiger partial charge on any atom is 0.279 e. The molecule has 3 N–H and O–H groups in total. The van der Waals surface area contributed by atoms with Gasteiger partial charge in [0.25, 0.3) is 11.8 Å². The summed E-state index contributed by atoms with van der Waals surface area (Å²) in [4.78, 5) is 25.3. The molecule has 0 aromatic heterocycles. The van der Waals surface area contributed by atoms with E-state index in [2.05, 4.69) is 10.6 Å². The Hall–Kier alpha value is -1.97. The maximum atomic E-state index is 12.8. The van der Waals surface area contributed by atoms with Crippen molar-refractivity contribution in [1.29, 1.82) is 0 Å². The van der Waals surface area contributed by atoms with E-state index in [-0.39, 0.29) is 35.3 Å². The predicted molar refractivity (Wildman–Crippen MR) is 114 cm³/mol. The molecule has 1 unspecified atom stereocenters. The lowest BCUT2D eigenvalue weighted by Crippen LogP contribution is -3.11. The molecule has 0 radical (unpaired) electrons. The topological polar surface area (TPSA) is 100 Å².